The van der Waals surface area contributed by atoms with Crippen LogP contribution in [0.4, 0.5) is 0 Å². The number of fused-ring (bicyclic) bond motifs is 1. The lowest BCUT2D eigenvalue weighted by Crippen LogP contribution is -2.47. The lowest BCUT2D eigenvalue weighted by atomic mass is 9.61. The van der Waals surface area contributed by atoms with E-state index in [2.05, 4.69) is 134 Å². The summed E-state index contributed by atoms with van der Waals surface area (Å²) in [5.74, 6) is 2.79. The van der Waals surface area contributed by atoms with Crippen LogP contribution in [0.1, 0.15) is 140 Å². The molecule has 0 saturated heterocycles. The number of hydrogen-bond acceptors (Lipinski definition) is 3. The molecule has 0 heterocycles. The predicted octanol–water partition coefficient (Wildman–Crippen LogP) is 13.6. The van der Waals surface area contributed by atoms with Gasteiger partial charge in [0.25, 0.3) is 0 Å². The summed E-state index contributed by atoms with van der Waals surface area (Å²) in [6.45, 7) is 40.9. The third kappa shape index (κ3) is 10.0. The first-order chi connectivity index (χ1) is 22.2. The Kier molecular flexibility index (Phi) is 13.8. The van der Waals surface area contributed by atoms with Gasteiger partial charge in [0.1, 0.15) is 0 Å². The third-order valence-electron chi connectivity index (χ3n) is 15.1. The summed E-state index contributed by atoms with van der Waals surface area (Å²) >= 11 is 0. The van der Waals surface area contributed by atoms with Gasteiger partial charge in [-0.15, -0.1) is 0 Å². The maximum absolute atomic E-state index is 11.5. The minimum absolute atomic E-state index is 0.0920. The molecule has 0 radical (unpaired) electrons. The fourth-order valence-corrected chi connectivity index (χ4v) is 11.8. The van der Waals surface area contributed by atoms with Gasteiger partial charge in [0.15, 0.2) is 25.0 Å². The van der Waals surface area contributed by atoms with E-state index in [0.29, 0.717) is 11.3 Å². The topological polar surface area (TPSA) is 38.7 Å². The van der Waals surface area contributed by atoms with Gasteiger partial charge in [-0.2, -0.15) is 0 Å². The van der Waals surface area contributed by atoms with Crippen molar-refractivity contribution in [1.82, 2.24) is 0 Å². The summed E-state index contributed by atoms with van der Waals surface area (Å²) in [5.41, 5.74) is 5.22. The Morgan fingerprint density at radius 1 is 0.898 bits per heavy atom. The lowest BCUT2D eigenvalue weighted by Gasteiger charge is -2.46. The van der Waals surface area contributed by atoms with Crippen molar-refractivity contribution in [2.45, 2.75) is 201 Å². The SMILES string of the molecule is CC[C@@H](C)C1CCC2/C(=C/C=C3\C[C@@H](CC(C)(C)[Si](C)(C)O)/C(=C/CCO[Si](C)(C)C(C)(C)C)[C@H](O[Si](C)(C)C(C)(C)C)C3)CCC[C@@]21C. The molecule has 3 saturated carbocycles. The second kappa shape index (κ2) is 15.6. The molecule has 6 atom stereocenters. The average molecular weight is 731 g/mol. The van der Waals surface area contributed by atoms with Gasteiger partial charge in [-0.25, -0.2) is 0 Å². The van der Waals surface area contributed by atoms with E-state index in [1.807, 2.05) is 0 Å². The fraction of sp³-hybridized carbons (Fsp3) is 0.860. The van der Waals surface area contributed by atoms with Crippen LogP contribution in [0.5, 0.6) is 0 Å². The van der Waals surface area contributed by atoms with Crippen molar-refractivity contribution in [3.63, 3.8) is 0 Å². The van der Waals surface area contributed by atoms with Crippen molar-refractivity contribution < 1.29 is 13.6 Å². The molecule has 3 fully saturated rings. The predicted molar refractivity (Wildman–Crippen MR) is 223 cm³/mol. The third-order valence-corrected chi connectivity index (χ3v) is 27.7. The van der Waals surface area contributed by atoms with Crippen LogP contribution in [0.2, 0.25) is 54.4 Å². The summed E-state index contributed by atoms with van der Waals surface area (Å²) < 4.78 is 14.1. The highest BCUT2D eigenvalue weighted by molar-refractivity contribution is 6.74. The van der Waals surface area contributed by atoms with Gasteiger partial charge < -0.3 is 13.6 Å². The van der Waals surface area contributed by atoms with Crippen molar-refractivity contribution in [3.8, 4) is 0 Å². The number of rotatable bonds is 12. The Labute approximate surface area is 309 Å². The van der Waals surface area contributed by atoms with Gasteiger partial charge >= 0.3 is 0 Å². The Morgan fingerprint density at radius 2 is 1.51 bits per heavy atom. The fourth-order valence-electron chi connectivity index (χ4n) is 8.75. The summed E-state index contributed by atoms with van der Waals surface area (Å²) in [6, 6.07) is 0. The second-order valence-electron chi connectivity index (χ2n) is 21.3. The molecule has 0 spiro atoms. The molecular weight excluding hydrogens is 649 g/mol. The van der Waals surface area contributed by atoms with Gasteiger partial charge in [0.2, 0.25) is 0 Å². The van der Waals surface area contributed by atoms with Crippen LogP contribution in [0.3, 0.4) is 0 Å². The van der Waals surface area contributed by atoms with E-state index in [9.17, 15) is 4.80 Å². The van der Waals surface area contributed by atoms with Gasteiger partial charge in [0, 0.05) is 6.61 Å². The van der Waals surface area contributed by atoms with Crippen LogP contribution < -0.4 is 0 Å². The molecule has 3 aliphatic rings. The highest BCUT2D eigenvalue weighted by Crippen LogP contribution is 2.60. The van der Waals surface area contributed by atoms with Crippen LogP contribution in [-0.2, 0) is 8.85 Å². The van der Waals surface area contributed by atoms with Crippen LogP contribution in [0.15, 0.2) is 34.9 Å². The van der Waals surface area contributed by atoms with Crippen LogP contribution in [0.25, 0.3) is 0 Å². The second-order valence-corrected chi connectivity index (χ2v) is 35.3. The largest absolute Gasteiger partial charge is 0.432 e. The maximum Gasteiger partial charge on any atom is 0.192 e. The van der Waals surface area contributed by atoms with E-state index >= 15 is 0 Å². The van der Waals surface area contributed by atoms with Crippen molar-refractivity contribution in [3.05, 3.63) is 34.9 Å². The molecule has 49 heavy (non-hydrogen) atoms. The van der Waals surface area contributed by atoms with Crippen molar-refractivity contribution in [2.24, 2.45) is 29.1 Å². The van der Waals surface area contributed by atoms with Gasteiger partial charge in [-0.1, -0.05) is 112 Å². The monoisotopic (exact) mass is 731 g/mol. The Bertz CT molecular complexity index is 1160. The first-order valence-corrected chi connectivity index (χ1v) is 29.1. The van der Waals surface area contributed by atoms with Crippen LogP contribution in [0, 0.1) is 29.1 Å². The molecule has 0 aliphatic heterocycles. The minimum atomic E-state index is -2.40. The molecule has 6 heteroatoms. The molecule has 2 unspecified atom stereocenters. The van der Waals surface area contributed by atoms with E-state index in [4.69, 9.17) is 8.85 Å². The molecule has 1 N–H and O–H groups in total. The smallest absolute Gasteiger partial charge is 0.192 e. The van der Waals surface area contributed by atoms with Crippen LogP contribution >= 0.6 is 0 Å². The lowest BCUT2D eigenvalue weighted by molar-refractivity contribution is 0.0961. The first-order valence-electron chi connectivity index (χ1n) is 20.3. The van der Waals surface area contributed by atoms with Crippen molar-refractivity contribution >= 4 is 25.0 Å². The van der Waals surface area contributed by atoms with Crippen molar-refractivity contribution in [2.75, 3.05) is 6.61 Å². The Hall–Kier alpha value is -0.249. The average Bonchev–Trinajstić information content (AvgIpc) is 3.30. The summed E-state index contributed by atoms with van der Waals surface area (Å²) in [4.78, 5) is 11.5. The molecule has 3 rings (SSSR count). The molecular formula is C43H82O3Si3. The molecule has 3 nitrogen and oxygen atoms in total. The zero-order chi connectivity index (χ0) is 37.4. The highest BCUT2D eigenvalue weighted by Gasteiger charge is 2.50. The Morgan fingerprint density at radius 3 is 2.06 bits per heavy atom. The normalized spacial score (nSPS) is 31.1. The summed E-state index contributed by atoms with van der Waals surface area (Å²) in [5, 5.41) is 0.250. The maximum atomic E-state index is 11.5. The van der Waals surface area contributed by atoms with E-state index in [-0.39, 0.29) is 21.2 Å². The molecule has 3 aliphatic carbocycles. The minimum Gasteiger partial charge on any atom is -0.432 e. The molecule has 0 bridgehead atoms. The van der Waals surface area contributed by atoms with Gasteiger partial charge in [-0.05, 0) is 147 Å². The van der Waals surface area contributed by atoms with E-state index in [1.165, 1.54) is 44.1 Å². The summed E-state index contributed by atoms with van der Waals surface area (Å²) in [7, 11) is -6.26. The molecule has 0 amide bonds. The summed E-state index contributed by atoms with van der Waals surface area (Å²) in [6.07, 6.45) is 19.8. The molecule has 0 aromatic rings. The molecule has 0 aromatic carbocycles. The number of hydrogen-bond donors (Lipinski definition) is 1. The van der Waals surface area contributed by atoms with E-state index in [1.54, 1.807) is 11.1 Å². The van der Waals surface area contributed by atoms with Crippen LogP contribution in [-0.4, -0.2) is 42.5 Å². The zero-order valence-electron chi connectivity index (χ0n) is 35.7. The van der Waals surface area contributed by atoms with Crippen molar-refractivity contribution in [1.29, 1.82) is 0 Å². The zero-order valence-corrected chi connectivity index (χ0v) is 38.7. The first kappa shape index (κ1) is 43.2. The Balaban J connectivity index is 2.03. The van der Waals surface area contributed by atoms with E-state index < -0.39 is 25.0 Å². The van der Waals surface area contributed by atoms with Gasteiger partial charge in [-0.3, -0.25) is 0 Å². The molecule has 284 valence electrons. The standard InChI is InChI=1S/C43H82O3Si3/c1-18-32(2)37-25-26-38-34(21-19-27-43(37,38)11)24-23-33-29-35(31-42(9,10)47(12,13)44)36(22-20-28-45-48(14,15)40(3,4)5)39(30-33)46-49(16,17)41(6,7)8/h22-24,32,35,37-39,44H,18-21,25-31H2,1-17H3/b33-23+,34-24+,36-22-/t32-,35+,37?,38?,39-,43-/m1/s1. The van der Waals surface area contributed by atoms with Gasteiger partial charge in [0.05, 0.1) is 6.10 Å². The molecule has 0 aromatic heterocycles. The van der Waals surface area contributed by atoms with E-state index in [0.717, 1.165) is 50.0 Å². The quantitative estimate of drug-likeness (QED) is 0.123. The number of allylic oxidation sites excluding steroid dienone is 3. The highest BCUT2D eigenvalue weighted by atomic mass is 28.4.